The predicted octanol–water partition coefficient (Wildman–Crippen LogP) is 2.89. The number of esters is 1. The highest BCUT2D eigenvalue weighted by Gasteiger charge is 2.20. The third-order valence-electron chi connectivity index (χ3n) is 3.45. The van der Waals surface area contributed by atoms with Crippen LogP contribution in [-0.2, 0) is 16.1 Å². The van der Waals surface area contributed by atoms with Crippen LogP contribution >= 0.6 is 0 Å². The van der Waals surface area contributed by atoms with Crippen LogP contribution in [0.5, 0.6) is 0 Å². The number of amides is 2. The summed E-state index contributed by atoms with van der Waals surface area (Å²) < 4.78 is 6.75. The molecule has 0 fully saturated rings. The summed E-state index contributed by atoms with van der Waals surface area (Å²) in [7, 11) is 0. The molecule has 0 aliphatic carbocycles. The molecule has 1 heterocycles. The third kappa shape index (κ3) is 5.40. The summed E-state index contributed by atoms with van der Waals surface area (Å²) in [6.07, 6.45) is 1.57. The summed E-state index contributed by atoms with van der Waals surface area (Å²) in [6.45, 7) is 10.5. The average molecular weight is 372 g/mol. The van der Waals surface area contributed by atoms with Crippen molar-refractivity contribution in [3.05, 3.63) is 36.5 Å². The fourth-order valence-corrected chi connectivity index (χ4v) is 2.47. The van der Waals surface area contributed by atoms with Gasteiger partial charge in [0.2, 0.25) is 0 Å². The molecule has 0 radical (unpaired) electrons. The number of rotatable bonds is 6. The van der Waals surface area contributed by atoms with E-state index >= 15 is 0 Å². The molecule has 0 spiro atoms. The van der Waals surface area contributed by atoms with Gasteiger partial charge in [-0.1, -0.05) is 6.08 Å². The lowest BCUT2D eigenvalue weighted by molar-refractivity contribution is -0.155. The fraction of sp³-hybridized carbons (Fsp3) is 0.368. The van der Waals surface area contributed by atoms with Crippen molar-refractivity contribution in [2.24, 2.45) is 0 Å². The Hall–Kier alpha value is -3.16. The minimum absolute atomic E-state index is 0.117. The molecule has 8 heteroatoms. The van der Waals surface area contributed by atoms with Crippen LogP contribution in [0.4, 0.5) is 10.5 Å². The van der Waals surface area contributed by atoms with Crippen LogP contribution in [0, 0.1) is 0 Å². The second-order valence-electron chi connectivity index (χ2n) is 7.00. The summed E-state index contributed by atoms with van der Waals surface area (Å²) in [5.74, 6) is -0.691. The molecular weight excluding hydrogens is 348 g/mol. The summed E-state index contributed by atoms with van der Waals surface area (Å²) in [5, 5.41) is 10.1. The largest absolute Gasteiger partial charge is 0.459 e. The molecule has 0 saturated heterocycles. The molecule has 1 aromatic heterocycles. The number of hydrogen-bond acceptors (Lipinski definition) is 5. The van der Waals surface area contributed by atoms with E-state index in [-0.39, 0.29) is 24.1 Å². The third-order valence-corrected chi connectivity index (χ3v) is 3.45. The van der Waals surface area contributed by atoms with Gasteiger partial charge in [0.1, 0.15) is 17.8 Å². The molecule has 8 nitrogen and oxygen atoms in total. The number of carbonyl (C=O) groups excluding carboxylic acids is 3. The Labute approximate surface area is 157 Å². The summed E-state index contributed by atoms with van der Waals surface area (Å²) in [5.41, 5.74) is 0.717. The molecule has 0 unspecified atom stereocenters. The van der Waals surface area contributed by atoms with Crippen LogP contribution in [-0.4, -0.2) is 39.7 Å². The van der Waals surface area contributed by atoms with Crippen molar-refractivity contribution in [2.45, 2.75) is 39.8 Å². The van der Waals surface area contributed by atoms with Crippen molar-refractivity contribution in [2.75, 3.05) is 11.9 Å². The lowest BCUT2D eigenvalue weighted by Crippen LogP contribution is -2.28. The lowest BCUT2D eigenvalue weighted by atomic mass is 10.1. The van der Waals surface area contributed by atoms with Crippen LogP contribution < -0.4 is 10.6 Å². The van der Waals surface area contributed by atoms with E-state index in [1.165, 1.54) is 11.6 Å². The Morgan fingerprint density at radius 3 is 2.59 bits per heavy atom. The van der Waals surface area contributed by atoms with Crippen molar-refractivity contribution >= 4 is 34.4 Å². The zero-order valence-corrected chi connectivity index (χ0v) is 16.0. The predicted molar refractivity (Wildman–Crippen MR) is 103 cm³/mol. The van der Waals surface area contributed by atoms with Crippen LogP contribution in [0.2, 0.25) is 0 Å². The van der Waals surface area contributed by atoms with Gasteiger partial charge in [-0.2, -0.15) is 5.10 Å². The van der Waals surface area contributed by atoms with E-state index in [0.717, 1.165) is 0 Å². The molecule has 2 N–H and O–H groups in total. The Balaban J connectivity index is 2.33. The minimum Gasteiger partial charge on any atom is -0.459 e. The maximum atomic E-state index is 12.1. The van der Waals surface area contributed by atoms with Crippen LogP contribution in [0.1, 0.15) is 38.2 Å². The highest BCUT2D eigenvalue weighted by atomic mass is 16.6. The number of carbonyl (C=O) groups is 3. The Morgan fingerprint density at radius 1 is 1.30 bits per heavy atom. The molecule has 2 rings (SSSR count). The van der Waals surface area contributed by atoms with Gasteiger partial charge >= 0.3 is 12.0 Å². The first-order chi connectivity index (χ1) is 12.6. The van der Waals surface area contributed by atoms with E-state index in [9.17, 15) is 14.4 Å². The molecule has 2 amide bonds. The van der Waals surface area contributed by atoms with Crippen LogP contribution in [0.15, 0.2) is 30.9 Å². The molecular formula is C19H24N4O4. The number of hydrogen-bond donors (Lipinski definition) is 2. The standard InChI is InChI=1S/C19H24N4O4/c1-6-9-20-18(26)21-13-7-8-15-14(10-13)17(12(2)24)22-23(15)11-16(25)27-19(3,4)5/h6-8,10H,1,9,11H2,2-5H3,(H2,20,21,26). The zero-order chi connectivity index (χ0) is 20.2. The Kier molecular flexibility index (Phi) is 5.99. The summed E-state index contributed by atoms with van der Waals surface area (Å²) in [4.78, 5) is 35.9. The van der Waals surface area contributed by atoms with Crippen molar-refractivity contribution in [3.8, 4) is 0 Å². The number of nitrogens with one attached hydrogen (secondary N) is 2. The number of nitrogens with zero attached hydrogens (tertiary/aromatic N) is 2. The van der Waals surface area contributed by atoms with Gasteiger partial charge in [-0.25, -0.2) is 4.79 Å². The molecule has 1 aromatic carbocycles. The van der Waals surface area contributed by atoms with Crippen LogP contribution in [0.3, 0.4) is 0 Å². The first kappa shape index (κ1) is 20.2. The fourth-order valence-electron chi connectivity index (χ4n) is 2.47. The molecule has 0 bridgehead atoms. The number of anilines is 1. The molecule has 0 atom stereocenters. The molecule has 27 heavy (non-hydrogen) atoms. The number of fused-ring (bicyclic) bond motifs is 1. The second-order valence-corrected chi connectivity index (χ2v) is 7.00. The van der Waals surface area contributed by atoms with E-state index in [0.29, 0.717) is 23.1 Å². The van der Waals surface area contributed by atoms with Crippen molar-refractivity contribution in [1.29, 1.82) is 0 Å². The smallest absolute Gasteiger partial charge is 0.328 e. The summed E-state index contributed by atoms with van der Waals surface area (Å²) >= 11 is 0. The molecule has 0 aliphatic rings. The number of ketones is 1. The summed E-state index contributed by atoms with van der Waals surface area (Å²) in [6, 6.07) is 4.63. The number of benzene rings is 1. The topological polar surface area (TPSA) is 102 Å². The van der Waals surface area contributed by atoms with Gasteiger partial charge in [0.25, 0.3) is 0 Å². The molecule has 0 saturated carbocycles. The molecule has 144 valence electrons. The first-order valence-corrected chi connectivity index (χ1v) is 8.50. The molecule has 0 aliphatic heterocycles. The van der Waals surface area contributed by atoms with Gasteiger partial charge in [-0.05, 0) is 39.0 Å². The number of Topliss-reactive ketones (excluding diaryl/α,β-unsaturated/α-hetero) is 1. The number of urea groups is 1. The maximum Gasteiger partial charge on any atom is 0.328 e. The van der Waals surface area contributed by atoms with E-state index in [1.807, 2.05) is 0 Å². The van der Waals surface area contributed by atoms with E-state index in [1.54, 1.807) is 45.0 Å². The normalized spacial score (nSPS) is 11.1. The van der Waals surface area contributed by atoms with Gasteiger partial charge in [0.15, 0.2) is 5.78 Å². The van der Waals surface area contributed by atoms with E-state index in [4.69, 9.17) is 4.74 Å². The van der Waals surface area contributed by atoms with Crippen molar-refractivity contribution in [1.82, 2.24) is 15.1 Å². The van der Waals surface area contributed by atoms with Gasteiger partial charge in [-0.3, -0.25) is 14.3 Å². The highest BCUT2D eigenvalue weighted by Crippen LogP contribution is 2.24. The maximum absolute atomic E-state index is 12.1. The van der Waals surface area contributed by atoms with Crippen molar-refractivity contribution in [3.63, 3.8) is 0 Å². The van der Waals surface area contributed by atoms with Crippen molar-refractivity contribution < 1.29 is 19.1 Å². The number of ether oxygens (including phenoxy) is 1. The minimum atomic E-state index is -0.612. The van der Waals surface area contributed by atoms with Gasteiger partial charge in [0.05, 0.1) is 5.52 Å². The van der Waals surface area contributed by atoms with Gasteiger partial charge in [0, 0.05) is 24.5 Å². The van der Waals surface area contributed by atoms with E-state index in [2.05, 4.69) is 22.3 Å². The van der Waals surface area contributed by atoms with Gasteiger partial charge in [-0.15, -0.1) is 6.58 Å². The SMILES string of the molecule is C=CCNC(=O)Nc1ccc2c(c1)c(C(C)=O)nn2CC(=O)OC(C)(C)C. The zero-order valence-electron chi connectivity index (χ0n) is 16.0. The Bertz CT molecular complexity index is 893. The highest BCUT2D eigenvalue weighted by molar-refractivity contribution is 6.06. The first-order valence-electron chi connectivity index (χ1n) is 8.50. The Morgan fingerprint density at radius 2 is 2.00 bits per heavy atom. The van der Waals surface area contributed by atoms with Crippen LogP contribution in [0.25, 0.3) is 10.9 Å². The van der Waals surface area contributed by atoms with E-state index < -0.39 is 11.6 Å². The number of aromatic nitrogens is 2. The lowest BCUT2D eigenvalue weighted by Gasteiger charge is -2.19. The monoisotopic (exact) mass is 372 g/mol. The average Bonchev–Trinajstić information content (AvgIpc) is 2.89. The second kappa shape index (κ2) is 8.03. The van der Waals surface area contributed by atoms with Gasteiger partial charge < -0.3 is 15.4 Å². The quantitative estimate of drug-likeness (QED) is 0.461. The molecule has 2 aromatic rings.